The first-order valence-electron chi connectivity index (χ1n) is 6.19. The molecular weight excluding hydrogens is 220 g/mol. The minimum absolute atomic E-state index is 0.112. The van der Waals surface area contributed by atoms with E-state index in [2.05, 4.69) is 0 Å². The smallest absolute Gasteiger partial charge is 0.338 e. The quantitative estimate of drug-likeness (QED) is 0.768. The zero-order chi connectivity index (χ0) is 13.3. The van der Waals surface area contributed by atoms with E-state index >= 15 is 0 Å². The van der Waals surface area contributed by atoms with Gasteiger partial charge in [0.15, 0.2) is 5.60 Å². The Hall–Kier alpha value is -0.610. The molecule has 1 saturated heterocycles. The first kappa shape index (κ1) is 14.5. The fraction of sp³-hybridized carbons (Fsp3) is 0.923. The summed E-state index contributed by atoms with van der Waals surface area (Å²) in [6.45, 7) is 8.23. The molecule has 0 amide bonds. The van der Waals surface area contributed by atoms with Gasteiger partial charge in [0.05, 0.1) is 12.7 Å². The molecule has 1 fully saturated rings. The minimum atomic E-state index is -1.41. The van der Waals surface area contributed by atoms with Crippen molar-refractivity contribution in [2.45, 2.75) is 51.7 Å². The summed E-state index contributed by atoms with van der Waals surface area (Å²) < 4.78 is 10.4. The standard InChI is InChI=1S/C13H24O4/c1-9(2)13(15,11(14)16-5)10-6-7-17-12(3,4)8-10/h9-10,15H,6-8H2,1-5H3. The molecule has 100 valence electrons. The second-order valence-electron chi connectivity index (χ2n) is 5.77. The third kappa shape index (κ3) is 2.80. The number of rotatable bonds is 3. The summed E-state index contributed by atoms with van der Waals surface area (Å²) in [5.41, 5.74) is -1.70. The van der Waals surface area contributed by atoms with Gasteiger partial charge in [0.2, 0.25) is 0 Å². The zero-order valence-corrected chi connectivity index (χ0v) is 11.4. The number of carbonyl (C=O) groups is 1. The number of esters is 1. The van der Waals surface area contributed by atoms with Crippen molar-refractivity contribution in [3.05, 3.63) is 0 Å². The summed E-state index contributed by atoms with van der Waals surface area (Å²) in [7, 11) is 1.32. The number of ether oxygens (including phenoxy) is 2. The number of carbonyl (C=O) groups excluding carboxylic acids is 1. The molecule has 0 aliphatic carbocycles. The zero-order valence-electron chi connectivity index (χ0n) is 11.4. The van der Waals surface area contributed by atoms with Crippen molar-refractivity contribution in [3.8, 4) is 0 Å². The van der Waals surface area contributed by atoms with Crippen LogP contribution in [0.25, 0.3) is 0 Å². The van der Waals surface area contributed by atoms with Gasteiger partial charge < -0.3 is 14.6 Å². The summed E-state index contributed by atoms with van der Waals surface area (Å²) in [5, 5.41) is 10.7. The first-order chi connectivity index (χ1) is 7.74. The van der Waals surface area contributed by atoms with E-state index in [9.17, 15) is 9.90 Å². The topological polar surface area (TPSA) is 55.8 Å². The van der Waals surface area contributed by atoms with E-state index in [1.807, 2.05) is 27.7 Å². The van der Waals surface area contributed by atoms with Gasteiger partial charge in [-0.05, 0) is 32.6 Å². The van der Waals surface area contributed by atoms with E-state index in [-0.39, 0.29) is 17.4 Å². The van der Waals surface area contributed by atoms with E-state index in [0.717, 1.165) is 0 Å². The van der Waals surface area contributed by atoms with Gasteiger partial charge in [-0.15, -0.1) is 0 Å². The molecule has 2 atom stereocenters. The van der Waals surface area contributed by atoms with Crippen LogP contribution in [0, 0.1) is 11.8 Å². The number of hydrogen-bond donors (Lipinski definition) is 1. The van der Waals surface area contributed by atoms with Crippen LogP contribution in [0.1, 0.15) is 40.5 Å². The molecule has 0 aromatic carbocycles. The predicted octanol–water partition coefficient (Wildman–Crippen LogP) is 1.75. The van der Waals surface area contributed by atoms with E-state index < -0.39 is 11.6 Å². The highest BCUT2D eigenvalue weighted by molar-refractivity contribution is 5.80. The Morgan fingerprint density at radius 3 is 2.53 bits per heavy atom. The van der Waals surface area contributed by atoms with Crippen molar-refractivity contribution in [1.29, 1.82) is 0 Å². The average Bonchev–Trinajstić information content (AvgIpc) is 2.25. The Labute approximate surface area is 103 Å². The Balaban J connectivity index is 2.95. The van der Waals surface area contributed by atoms with Gasteiger partial charge in [-0.2, -0.15) is 0 Å². The Morgan fingerprint density at radius 1 is 1.53 bits per heavy atom. The Morgan fingerprint density at radius 2 is 2.12 bits per heavy atom. The highest BCUT2D eigenvalue weighted by Crippen LogP contribution is 2.39. The summed E-state index contributed by atoms with van der Waals surface area (Å²) in [6.07, 6.45) is 1.35. The first-order valence-corrected chi connectivity index (χ1v) is 6.19. The lowest BCUT2D eigenvalue weighted by molar-refractivity contribution is -0.188. The van der Waals surface area contributed by atoms with Crippen LogP contribution >= 0.6 is 0 Å². The summed E-state index contributed by atoms with van der Waals surface area (Å²) in [5.74, 6) is -0.817. The van der Waals surface area contributed by atoms with Crippen molar-refractivity contribution in [2.24, 2.45) is 11.8 Å². The molecule has 1 aliphatic rings. The fourth-order valence-corrected chi connectivity index (χ4v) is 2.64. The minimum Gasteiger partial charge on any atom is -0.467 e. The Bertz CT molecular complexity index is 285. The van der Waals surface area contributed by atoms with Gasteiger partial charge in [0.1, 0.15) is 0 Å². The van der Waals surface area contributed by atoms with Crippen LogP contribution in [0.2, 0.25) is 0 Å². The van der Waals surface area contributed by atoms with Gasteiger partial charge in [0, 0.05) is 12.5 Å². The van der Waals surface area contributed by atoms with E-state index in [1.54, 1.807) is 0 Å². The molecule has 1 aliphatic heterocycles. The largest absolute Gasteiger partial charge is 0.467 e. The number of aliphatic hydroxyl groups is 1. The predicted molar refractivity (Wildman–Crippen MR) is 64.6 cm³/mol. The third-order valence-electron chi connectivity index (χ3n) is 3.71. The fourth-order valence-electron chi connectivity index (χ4n) is 2.64. The van der Waals surface area contributed by atoms with Gasteiger partial charge in [-0.25, -0.2) is 4.79 Å². The molecule has 2 unspecified atom stereocenters. The van der Waals surface area contributed by atoms with Crippen molar-refractivity contribution < 1.29 is 19.4 Å². The van der Waals surface area contributed by atoms with Crippen LogP contribution in [0.4, 0.5) is 0 Å². The van der Waals surface area contributed by atoms with Gasteiger partial charge in [-0.3, -0.25) is 0 Å². The van der Waals surface area contributed by atoms with Crippen molar-refractivity contribution >= 4 is 5.97 Å². The highest BCUT2D eigenvalue weighted by atomic mass is 16.5. The molecule has 0 radical (unpaired) electrons. The van der Waals surface area contributed by atoms with Crippen LogP contribution in [-0.4, -0.2) is 36.0 Å². The number of hydrogen-bond acceptors (Lipinski definition) is 4. The maximum absolute atomic E-state index is 11.9. The van der Waals surface area contributed by atoms with Crippen LogP contribution in [0.3, 0.4) is 0 Å². The molecule has 0 aromatic rings. The maximum Gasteiger partial charge on any atom is 0.338 e. The molecule has 4 nitrogen and oxygen atoms in total. The molecule has 4 heteroatoms. The van der Waals surface area contributed by atoms with E-state index in [0.29, 0.717) is 19.4 Å². The van der Waals surface area contributed by atoms with Crippen LogP contribution in [0.5, 0.6) is 0 Å². The molecule has 1 N–H and O–H groups in total. The third-order valence-corrected chi connectivity index (χ3v) is 3.71. The molecule has 0 saturated carbocycles. The monoisotopic (exact) mass is 244 g/mol. The molecule has 1 rings (SSSR count). The lowest BCUT2D eigenvalue weighted by Crippen LogP contribution is -2.55. The van der Waals surface area contributed by atoms with Crippen LogP contribution in [0.15, 0.2) is 0 Å². The summed E-state index contributed by atoms with van der Waals surface area (Å²) >= 11 is 0. The number of methoxy groups -OCH3 is 1. The second kappa shape index (κ2) is 4.94. The molecule has 17 heavy (non-hydrogen) atoms. The highest BCUT2D eigenvalue weighted by Gasteiger charge is 2.50. The molecule has 0 bridgehead atoms. The SMILES string of the molecule is COC(=O)C(O)(C(C)C)C1CCOC(C)(C)C1. The maximum atomic E-state index is 11.9. The van der Waals surface area contributed by atoms with Crippen molar-refractivity contribution in [3.63, 3.8) is 0 Å². The average molecular weight is 244 g/mol. The molecular formula is C13H24O4. The molecule has 0 spiro atoms. The van der Waals surface area contributed by atoms with Crippen LogP contribution in [-0.2, 0) is 14.3 Å². The summed E-state index contributed by atoms with van der Waals surface area (Å²) in [6, 6.07) is 0. The van der Waals surface area contributed by atoms with Crippen LogP contribution < -0.4 is 0 Å². The van der Waals surface area contributed by atoms with Gasteiger partial charge in [-0.1, -0.05) is 13.8 Å². The van der Waals surface area contributed by atoms with Gasteiger partial charge >= 0.3 is 5.97 Å². The van der Waals surface area contributed by atoms with Crippen molar-refractivity contribution in [1.82, 2.24) is 0 Å². The lowest BCUT2D eigenvalue weighted by atomic mass is 9.71. The molecule has 1 heterocycles. The van der Waals surface area contributed by atoms with E-state index in [4.69, 9.17) is 9.47 Å². The second-order valence-corrected chi connectivity index (χ2v) is 5.77. The van der Waals surface area contributed by atoms with Gasteiger partial charge in [0.25, 0.3) is 0 Å². The normalized spacial score (nSPS) is 27.6. The van der Waals surface area contributed by atoms with E-state index in [1.165, 1.54) is 7.11 Å². The molecule has 0 aromatic heterocycles. The lowest BCUT2D eigenvalue weighted by Gasteiger charge is -2.44. The summed E-state index contributed by atoms with van der Waals surface area (Å²) in [4.78, 5) is 11.9. The Kier molecular flexibility index (Phi) is 4.20. The van der Waals surface area contributed by atoms with Crippen molar-refractivity contribution in [2.75, 3.05) is 13.7 Å².